The van der Waals surface area contributed by atoms with Crippen LogP contribution in [0.15, 0.2) is 66.7 Å². The van der Waals surface area contributed by atoms with E-state index in [1.807, 2.05) is 59.5 Å². The Morgan fingerprint density at radius 2 is 1.65 bits per heavy atom. The molecule has 0 spiro atoms. The molecule has 0 atom stereocenters. The number of hydrogen-bond acceptors (Lipinski definition) is 5. The van der Waals surface area contributed by atoms with Crippen LogP contribution >= 0.6 is 11.3 Å². The van der Waals surface area contributed by atoms with Crippen molar-refractivity contribution < 1.29 is 9.59 Å². The number of carbonyl (C=O) groups excluding carboxylic acids is 2. The number of piperazine rings is 1. The summed E-state index contributed by atoms with van der Waals surface area (Å²) in [5.41, 5.74) is 6.30. The van der Waals surface area contributed by atoms with Crippen LogP contribution in [-0.4, -0.2) is 52.9 Å². The Labute approximate surface area is 220 Å². The Kier molecular flexibility index (Phi) is 6.59. The summed E-state index contributed by atoms with van der Waals surface area (Å²) in [6, 6.07) is 21.8. The van der Waals surface area contributed by atoms with Gasteiger partial charge in [-0.25, -0.2) is 9.78 Å². The lowest BCUT2D eigenvalue weighted by Crippen LogP contribution is -2.49. The first-order valence-electron chi connectivity index (χ1n) is 12.8. The van der Waals surface area contributed by atoms with Crippen molar-refractivity contribution in [3.8, 4) is 0 Å². The van der Waals surface area contributed by atoms with E-state index < -0.39 is 0 Å². The molecular formula is C29H29N5O2S. The first-order chi connectivity index (χ1) is 18.1. The number of carbonyl (C=O) groups is 2. The molecule has 37 heavy (non-hydrogen) atoms. The monoisotopic (exact) mass is 511 g/mol. The molecule has 0 saturated carbocycles. The van der Waals surface area contributed by atoms with E-state index in [1.165, 1.54) is 28.9 Å². The molecular weight excluding hydrogens is 482 g/mol. The lowest BCUT2D eigenvalue weighted by Gasteiger charge is -2.34. The maximum atomic E-state index is 12.8. The summed E-state index contributed by atoms with van der Waals surface area (Å²) >= 11 is 1.47. The number of rotatable bonds is 5. The van der Waals surface area contributed by atoms with E-state index in [-0.39, 0.29) is 11.9 Å². The molecule has 1 aliphatic carbocycles. The largest absolute Gasteiger partial charge is 0.322 e. The third-order valence-corrected chi connectivity index (χ3v) is 8.10. The van der Waals surface area contributed by atoms with Gasteiger partial charge in [0.25, 0.3) is 5.91 Å². The summed E-state index contributed by atoms with van der Waals surface area (Å²) in [6.45, 7) is 3.81. The minimum Gasteiger partial charge on any atom is -0.322 e. The Balaban J connectivity index is 0.986. The van der Waals surface area contributed by atoms with Gasteiger partial charge in [-0.15, -0.1) is 0 Å². The first kappa shape index (κ1) is 23.6. The average molecular weight is 512 g/mol. The van der Waals surface area contributed by atoms with Gasteiger partial charge in [0.05, 0.1) is 10.2 Å². The van der Waals surface area contributed by atoms with Gasteiger partial charge in [0.1, 0.15) is 0 Å². The topological polar surface area (TPSA) is 77.6 Å². The molecule has 1 saturated heterocycles. The fourth-order valence-electron chi connectivity index (χ4n) is 5.08. The molecule has 2 heterocycles. The minimum absolute atomic E-state index is 0.0268. The second-order valence-electron chi connectivity index (χ2n) is 9.67. The molecule has 0 unspecified atom stereocenters. The third kappa shape index (κ3) is 5.35. The van der Waals surface area contributed by atoms with Crippen molar-refractivity contribution in [1.82, 2.24) is 14.8 Å². The van der Waals surface area contributed by atoms with E-state index in [9.17, 15) is 9.59 Å². The fraction of sp³-hybridized carbons (Fsp3) is 0.276. The number of hydrogen-bond donors (Lipinski definition) is 2. The molecule has 2 N–H and O–H groups in total. The quantitative estimate of drug-likeness (QED) is 0.377. The summed E-state index contributed by atoms with van der Waals surface area (Å²) in [5, 5.41) is 6.59. The van der Waals surface area contributed by atoms with E-state index in [2.05, 4.69) is 32.7 Å². The summed E-state index contributed by atoms with van der Waals surface area (Å²) in [4.78, 5) is 34.2. The molecule has 1 aliphatic heterocycles. The molecule has 7 nitrogen and oxygen atoms in total. The number of aromatic nitrogens is 1. The zero-order chi connectivity index (χ0) is 25.2. The highest BCUT2D eigenvalue weighted by Crippen LogP contribution is 2.26. The van der Waals surface area contributed by atoms with E-state index in [1.54, 1.807) is 0 Å². The highest BCUT2D eigenvalue weighted by atomic mass is 32.1. The second-order valence-corrected chi connectivity index (χ2v) is 10.7. The molecule has 8 heteroatoms. The van der Waals surface area contributed by atoms with Gasteiger partial charge in [-0.05, 0) is 72.4 Å². The molecule has 0 radical (unpaired) electrons. The van der Waals surface area contributed by atoms with Crippen molar-refractivity contribution in [2.24, 2.45) is 0 Å². The summed E-state index contributed by atoms with van der Waals surface area (Å²) in [7, 11) is 0. The zero-order valence-electron chi connectivity index (χ0n) is 20.6. The molecule has 0 bridgehead atoms. The van der Waals surface area contributed by atoms with Gasteiger partial charge < -0.3 is 10.2 Å². The van der Waals surface area contributed by atoms with Crippen LogP contribution in [0.2, 0.25) is 0 Å². The number of thiazole rings is 1. The van der Waals surface area contributed by atoms with Crippen molar-refractivity contribution in [3.63, 3.8) is 0 Å². The zero-order valence-corrected chi connectivity index (χ0v) is 21.4. The number of nitrogens with one attached hydrogen (secondary N) is 2. The number of urea groups is 1. The van der Waals surface area contributed by atoms with E-state index >= 15 is 0 Å². The normalized spacial score (nSPS) is 15.5. The number of nitrogens with zero attached hydrogens (tertiary/aromatic N) is 3. The molecule has 1 aromatic heterocycles. The van der Waals surface area contributed by atoms with Gasteiger partial charge in [0.15, 0.2) is 5.13 Å². The summed E-state index contributed by atoms with van der Waals surface area (Å²) in [6.07, 6.45) is 3.45. The molecule has 3 amide bonds. The summed E-state index contributed by atoms with van der Waals surface area (Å²) in [5.74, 6) is -0.159. The second kappa shape index (κ2) is 10.3. The van der Waals surface area contributed by atoms with Gasteiger partial charge in [0, 0.05) is 44.0 Å². The van der Waals surface area contributed by atoms with Gasteiger partial charge in [0.2, 0.25) is 0 Å². The lowest BCUT2D eigenvalue weighted by molar-refractivity contribution is 0.102. The molecule has 3 aromatic carbocycles. The van der Waals surface area contributed by atoms with Crippen LogP contribution in [0, 0.1) is 0 Å². The number of benzene rings is 3. The first-order valence-corrected chi connectivity index (χ1v) is 13.6. The maximum Gasteiger partial charge on any atom is 0.321 e. The van der Waals surface area contributed by atoms with Crippen LogP contribution in [0.4, 0.5) is 15.6 Å². The molecule has 6 rings (SSSR count). The number of aryl methyl sites for hydroxylation is 2. The van der Waals surface area contributed by atoms with Crippen molar-refractivity contribution >= 4 is 44.3 Å². The number of anilines is 2. The molecule has 2 aliphatic rings. The highest BCUT2D eigenvalue weighted by Gasteiger charge is 2.22. The van der Waals surface area contributed by atoms with Crippen LogP contribution in [0.5, 0.6) is 0 Å². The standard InChI is InChI=1S/C29H29N5O2S/c35-27(32-28-31-25-6-1-2-7-26(25)37-28)22-10-8-20(9-11-22)19-33-14-16-34(17-15-33)29(36)30-24-13-12-21-4-3-5-23(21)18-24/h1-2,6-13,18H,3-5,14-17,19H2,(H,30,36)(H,31,32,35). The Hall–Kier alpha value is -3.75. The van der Waals surface area contributed by atoms with Gasteiger partial charge in [-0.3, -0.25) is 15.0 Å². The van der Waals surface area contributed by atoms with Crippen molar-refractivity contribution in [2.45, 2.75) is 25.8 Å². The van der Waals surface area contributed by atoms with Gasteiger partial charge >= 0.3 is 6.03 Å². The van der Waals surface area contributed by atoms with Crippen LogP contribution in [0.25, 0.3) is 10.2 Å². The van der Waals surface area contributed by atoms with Gasteiger partial charge in [-0.2, -0.15) is 0 Å². The number of para-hydroxylation sites is 1. The Bertz CT molecular complexity index is 1410. The van der Waals surface area contributed by atoms with Crippen LogP contribution < -0.4 is 10.6 Å². The maximum absolute atomic E-state index is 12.8. The van der Waals surface area contributed by atoms with Crippen molar-refractivity contribution in [3.05, 3.63) is 89.0 Å². The smallest absolute Gasteiger partial charge is 0.321 e. The predicted octanol–water partition coefficient (Wildman–Crippen LogP) is 5.39. The molecule has 188 valence electrons. The van der Waals surface area contributed by atoms with Crippen molar-refractivity contribution in [1.29, 1.82) is 0 Å². The predicted molar refractivity (Wildman–Crippen MR) is 148 cm³/mol. The average Bonchev–Trinajstić information content (AvgIpc) is 3.55. The van der Waals surface area contributed by atoms with E-state index in [0.717, 1.165) is 53.9 Å². The highest BCUT2D eigenvalue weighted by molar-refractivity contribution is 7.22. The van der Waals surface area contributed by atoms with Crippen LogP contribution in [-0.2, 0) is 19.4 Å². The van der Waals surface area contributed by atoms with E-state index in [4.69, 9.17) is 0 Å². The molecule has 1 fully saturated rings. The Morgan fingerprint density at radius 1 is 0.865 bits per heavy atom. The number of amides is 3. The van der Waals surface area contributed by atoms with Crippen LogP contribution in [0.3, 0.4) is 0 Å². The lowest BCUT2D eigenvalue weighted by atomic mass is 10.1. The van der Waals surface area contributed by atoms with Crippen molar-refractivity contribution in [2.75, 3.05) is 36.8 Å². The third-order valence-electron chi connectivity index (χ3n) is 7.15. The van der Waals surface area contributed by atoms with Gasteiger partial charge in [-0.1, -0.05) is 41.7 Å². The van der Waals surface area contributed by atoms with Crippen LogP contribution in [0.1, 0.15) is 33.5 Å². The number of fused-ring (bicyclic) bond motifs is 2. The Morgan fingerprint density at radius 3 is 2.46 bits per heavy atom. The summed E-state index contributed by atoms with van der Waals surface area (Å²) < 4.78 is 1.05. The molecule has 4 aromatic rings. The SMILES string of the molecule is O=C(Nc1nc2ccccc2s1)c1ccc(CN2CCN(C(=O)Nc3ccc4c(c3)CCC4)CC2)cc1. The fourth-order valence-corrected chi connectivity index (χ4v) is 5.94. The van der Waals surface area contributed by atoms with E-state index in [0.29, 0.717) is 23.8 Å². The minimum atomic E-state index is -0.159.